The average Bonchev–Trinajstić information content (AvgIpc) is 3.20. The molecule has 4 aromatic rings. The number of rotatable bonds is 3. The third-order valence-electron chi connectivity index (χ3n) is 7.90. The van der Waals surface area contributed by atoms with Crippen molar-refractivity contribution in [2.24, 2.45) is 0 Å². The molecule has 1 N–H and O–H groups in total. The van der Waals surface area contributed by atoms with Crippen molar-refractivity contribution in [1.29, 1.82) is 0 Å². The molecule has 6 rings (SSSR count). The minimum atomic E-state index is 0.365. The van der Waals surface area contributed by atoms with E-state index in [9.17, 15) is 0 Å². The lowest BCUT2D eigenvalue weighted by atomic mass is 9.81. The van der Waals surface area contributed by atoms with Crippen molar-refractivity contribution in [2.75, 3.05) is 0 Å². The van der Waals surface area contributed by atoms with Gasteiger partial charge in [-0.25, -0.2) is 0 Å². The van der Waals surface area contributed by atoms with E-state index in [0.29, 0.717) is 24.2 Å². The molecular formula is C29H31N3. The first-order valence-electron chi connectivity index (χ1n) is 11.9. The van der Waals surface area contributed by atoms with Crippen molar-refractivity contribution in [3.05, 3.63) is 107 Å². The fourth-order valence-electron chi connectivity index (χ4n) is 6.12. The van der Waals surface area contributed by atoms with E-state index < -0.39 is 0 Å². The number of fused-ring (bicyclic) bond motifs is 4. The minimum Gasteiger partial charge on any atom is -0.357 e. The SMILES string of the molecule is C[C@H]1[C@H](C)N2Cc3[nH]c4ccccc4c3C[C@H]2[C@@H](c2ccccc2)N1Cc1ccccc1. The van der Waals surface area contributed by atoms with Gasteiger partial charge >= 0.3 is 0 Å². The standard InChI is InChI=1S/C29H31N3/c1-20-21(2)32(18-22-11-5-3-6-12-22)29(23-13-7-4-8-14-23)28-17-25-24-15-9-10-16-26(24)30-27(25)19-31(20)28/h3-16,20-21,28-30H,17-19H2,1-2H3/t20-,21-,28-,29+/m0/s1. The fraction of sp³-hybridized carbons (Fsp3) is 0.310. The van der Waals surface area contributed by atoms with E-state index >= 15 is 0 Å². The molecule has 0 aliphatic carbocycles. The van der Waals surface area contributed by atoms with Gasteiger partial charge in [0.15, 0.2) is 0 Å². The molecule has 3 heterocycles. The zero-order valence-electron chi connectivity index (χ0n) is 18.9. The van der Waals surface area contributed by atoms with Crippen molar-refractivity contribution in [1.82, 2.24) is 14.8 Å². The molecular weight excluding hydrogens is 390 g/mol. The Morgan fingerprint density at radius 2 is 1.50 bits per heavy atom. The van der Waals surface area contributed by atoms with E-state index in [1.54, 1.807) is 0 Å². The molecule has 3 nitrogen and oxygen atoms in total. The lowest BCUT2D eigenvalue weighted by Gasteiger charge is -2.56. The van der Waals surface area contributed by atoms with Gasteiger partial charge in [0.05, 0.1) is 6.04 Å². The number of aromatic amines is 1. The number of para-hydroxylation sites is 1. The number of benzene rings is 3. The fourth-order valence-corrected chi connectivity index (χ4v) is 6.12. The topological polar surface area (TPSA) is 22.3 Å². The molecule has 2 aliphatic heterocycles. The normalized spacial score (nSPS) is 26.1. The first-order valence-corrected chi connectivity index (χ1v) is 11.9. The number of hydrogen-bond donors (Lipinski definition) is 1. The van der Waals surface area contributed by atoms with Gasteiger partial charge in [-0.2, -0.15) is 0 Å². The molecule has 0 spiro atoms. The van der Waals surface area contributed by atoms with Crippen LogP contribution < -0.4 is 0 Å². The minimum absolute atomic E-state index is 0.365. The van der Waals surface area contributed by atoms with E-state index in [1.807, 2.05) is 0 Å². The molecule has 1 saturated heterocycles. The summed E-state index contributed by atoms with van der Waals surface area (Å²) in [4.78, 5) is 9.26. The Balaban J connectivity index is 1.46. The van der Waals surface area contributed by atoms with Crippen LogP contribution in [-0.4, -0.2) is 32.9 Å². The van der Waals surface area contributed by atoms with Crippen LogP contribution in [0.1, 0.15) is 42.3 Å². The third kappa shape index (κ3) is 3.19. The van der Waals surface area contributed by atoms with Gasteiger partial charge in [0.25, 0.3) is 0 Å². The van der Waals surface area contributed by atoms with Gasteiger partial charge in [-0.05, 0) is 43.0 Å². The Morgan fingerprint density at radius 1 is 0.812 bits per heavy atom. The van der Waals surface area contributed by atoms with Gasteiger partial charge in [-0.15, -0.1) is 0 Å². The molecule has 3 aromatic carbocycles. The van der Waals surface area contributed by atoms with Crippen LogP contribution in [0.4, 0.5) is 0 Å². The van der Waals surface area contributed by atoms with Gasteiger partial charge in [0.1, 0.15) is 0 Å². The summed E-state index contributed by atoms with van der Waals surface area (Å²) in [6.07, 6.45) is 1.08. The Labute approximate surface area is 190 Å². The zero-order chi connectivity index (χ0) is 21.7. The smallest absolute Gasteiger partial charge is 0.0514 e. The molecule has 1 aromatic heterocycles. The summed E-state index contributed by atoms with van der Waals surface area (Å²) in [5.41, 5.74) is 7.02. The van der Waals surface area contributed by atoms with Gasteiger partial charge in [0.2, 0.25) is 0 Å². The summed E-state index contributed by atoms with van der Waals surface area (Å²) < 4.78 is 0. The highest BCUT2D eigenvalue weighted by molar-refractivity contribution is 5.85. The highest BCUT2D eigenvalue weighted by atomic mass is 15.4. The molecule has 0 bridgehead atoms. The van der Waals surface area contributed by atoms with E-state index in [-0.39, 0.29) is 0 Å². The molecule has 2 aliphatic rings. The summed E-state index contributed by atoms with van der Waals surface area (Å²) in [5, 5.41) is 1.40. The number of H-pyrrole nitrogens is 1. The monoisotopic (exact) mass is 421 g/mol. The number of nitrogens with zero attached hydrogens (tertiary/aromatic N) is 2. The van der Waals surface area contributed by atoms with Gasteiger partial charge in [0, 0.05) is 47.8 Å². The van der Waals surface area contributed by atoms with Gasteiger partial charge < -0.3 is 4.98 Å². The number of aromatic nitrogens is 1. The predicted octanol–water partition coefficient (Wildman–Crippen LogP) is 5.93. The van der Waals surface area contributed by atoms with Crippen molar-refractivity contribution < 1.29 is 0 Å². The predicted molar refractivity (Wildman–Crippen MR) is 131 cm³/mol. The van der Waals surface area contributed by atoms with E-state index in [1.165, 1.54) is 33.3 Å². The third-order valence-corrected chi connectivity index (χ3v) is 7.90. The van der Waals surface area contributed by atoms with Crippen LogP contribution >= 0.6 is 0 Å². The molecule has 4 atom stereocenters. The maximum absolute atomic E-state index is 3.73. The van der Waals surface area contributed by atoms with Crippen LogP contribution in [0.5, 0.6) is 0 Å². The molecule has 0 saturated carbocycles. The Bertz CT molecular complexity index is 1210. The lowest BCUT2D eigenvalue weighted by molar-refractivity contribution is -0.0689. The quantitative estimate of drug-likeness (QED) is 0.443. The molecule has 1 fully saturated rings. The first-order chi connectivity index (χ1) is 15.7. The average molecular weight is 422 g/mol. The van der Waals surface area contributed by atoms with Crippen LogP contribution in [0.15, 0.2) is 84.9 Å². The molecule has 162 valence electrons. The van der Waals surface area contributed by atoms with Crippen LogP contribution in [0.2, 0.25) is 0 Å². The second-order valence-electron chi connectivity index (χ2n) is 9.57. The Morgan fingerprint density at radius 3 is 2.28 bits per heavy atom. The largest absolute Gasteiger partial charge is 0.357 e. The lowest BCUT2D eigenvalue weighted by Crippen LogP contribution is -2.64. The van der Waals surface area contributed by atoms with Crippen molar-refractivity contribution in [3.8, 4) is 0 Å². The number of nitrogens with one attached hydrogen (secondary N) is 1. The van der Waals surface area contributed by atoms with Crippen LogP contribution in [0, 0.1) is 0 Å². The van der Waals surface area contributed by atoms with E-state index in [0.717, 1.165) is 19.5 Å². The highest BCUT2D eigenvalue weighted by Gasteiger charge is 2.47. The Hall–Kier alpha value is -2.88. The molecule has 32 heavy (non-hydrogen) atoms. The number of piperazine rings is 1. The van der Waals surface area contributed by atoms with Crippen molar-refractivity contribution in [2.45, 2.75) is 57.5 Å². The van der Waals surface area contributed by atoms with E-state index in [4.69, 9.17) is 0 Å². The Kier molecular flexibility index (Phi) is 4.89. The highest BCUT2D eigenvalue weighted by Crippen LogP contribution is 2.43. The van der Waals surface area contributed by atoms with E-state index in [2.05, 4.69) is 114 Å². The van der Waals surface area contributed by atoms with Crippen LogP contribution in [-0.2, 0) is 19.5 Å². The summed E-state index contributed by atoms with van der Waals surface area (Å²) in [7, 11) is 0. The zero-order valence-corrected chi connectivity index (χ0v) is 18.9. The van der Waals surface area contributed by atoms with Gasteiger partial charge in [-0.1, -0.05) is 78.9 Å². The maximum atomic E-state index is 3.73. The molecule has 0 radical (unpaired) electrons. The molecule has 3 heteroatoms. The second kappa shape index (κ2) is 7.91. The molecule has 0 unspecified atom stereocenters. The van der Waals surface area contributed by atoms with Crippen molar-refractivity contribution >= 4 is 10.9 Å². The second-order valence-corrected chi connectivity index (χ2v) is 9.57. The van der Waals surface area contributed by atoms with Gasteiger partial charge in [-0.3, -0.25) is 9.80 Å². The summed E-state index contributed by atoms with van der Waals surface area (Å²) in [5.74, 6) is 0. The van der Waals surface area contributed by atoms with Crippen LogP contribution in [0.25, 0.3) is 10.9 Å². The number of hydrogen-bond acceptors (Lipinski definition) is 2. The summed E-state index contributed by atoms with van der Waals surface area (Å²) in [6.45, 7) is 6.82. The summed E-state index contributed by atoms with van der Waals surface area (Å²) >= 11 is 0. The van der Waals surface area contributed by atoms with Crippen molar-refractivity contribution in [3.63, 3.8) is 0 Å². The molecule has 0 amide bonds. The first kappa shape index (κ1) is 19.8. The maximum Gasteiger partial charge on any atom is 0.0514 e. The summed E-state index contributed by atoms with van der Waals surface area (Å²) in [6, 6.07) is 32.7. The van der Waals surface area contributed by atoms with Crippen LogP contribution in [0.3, 0.4) is 0 Å².